The third-order valence-electron chi connectivity index (χ3n) is 2.25. The molecule has 0 saturated heterocycles. The molecule has 1 rings (SSSR count). The summed E-state index contributed by atoms with van der Waals surface area (Å²) in [5.41, 5.74) is 7.82. The van der Waals surface area contributed by atoms with E-state index in [9.17, 15) is 0 Å². The molecule has 1 aromatic carbocycles. The Morgan fingerprint density at radius 1 is 1.14 bits per heavy atom. The van der Waals surface area contributed by atoms with Crippen LogP contribution in [0.15, 0.2) is 18.2 Å². The Morgan fingerprint density at radius 2 is 1.79 bits per heavy atom. The summed E-state index contributed by atoms with van der Waals surface area (Å²) in [7, 11) is 0. The molecular weight excluding hydrogens is 174 g/mol. The number of hydrogen-bond acceptors (Lipinski definition) is 2. The van der Waals surface area contributed by atoms with Crippen molar-refractivity contribution in [2.75, 3.05) is 13.2 Å². The zero-order chi connectivity index (χ0) is 10.4. The Bertz CT molecular complexity index is 263. The van der Waals surface area contributed by atoms with Crippen LogP contribution in [0.1, 0.15) is 24.0 Å². The van der Waals surface area contributed by atoms with E-state index in [0.717, 1.165) is 31.7 Å². The third-order valence-corrected chi connectivity index (χ3v) is 2.25. The molecule has 0 spiro atoms. The average molecular weight is 193 g/mol. The molecule has 0 atom stereocenters. The van der Waals surface area contributed by atoms with Crippen LogP contribution in [0.4, 0.5) is 0 Å². The highest BCUT2D eigenvalue weighted by atomic mass is 16.5. The maximum atomic E-state index is 5.71. The normalized spacial score (nSPS) is 10.2. The Morgan fingerprint density at radius 3 is 2.36 bits per heavy atom. The van der Waals surface area contributed by atoms with E-state index in [-0.39, 0.29) is 0 Å². The minimum absolute atomic E-state index is 0.746. The minimum atomic E-state index is 0.746. The van der Waals surface area contributed by atoms with Crippen molar-refractivity contribution in [2.45, 2.75) is 26.7 Å². The number of unbranched alkanes of at least 4 members (excludes halogenated alkanes) is 1. The molecule has 2 N–H and O–H groups in total. The molecule has 0 aliphatic carbocycles. The van der Waals surface area contributed by atoms with Crippen LogP contribution in [-0.4, -0.2) is 13.2 Å². The number of para-hydroxylation sites is 1. The molecule has 0 amide bonds. The number of hydrogen-bond donors (Lipinski definition) is 1. The summed E-state index contributed by atoms with van der Waals surface area (Å²) in [5, 5.41) is 0. The molecule has 0 aromatic heterocycles. The number of nitrogens with two attached hydrogens (primary N) is 1. The molecule has 0 heterocycles. The van der Waals surface area contributed by atoms with Gasteiger partial charge in [-0.05, 0) is 44.4 Å². The fourth-order valence-electron chi connectivity index (χ4n) is 1.45. The molecule has 14 heavy (non-hydrogen) atoms. The van der Waals surface area contributed by atoms with E-state index < -0.39 is 0 Å². The van der Waals surface area contributed by atoms with Crippen molar-refractivity contribution in [2.24, 2.45) is 5.73 Å². The van der Waals surface area contributed by atoms with Gasteiger partial charge in [-0.25, -0.2) is 0 Å². The molecular formula is C12H19NO. The molecule has 0 radical (unpaired) electrons. The van der Waals surface area contributed by atoms with Gasteiger partial charge < -0.3 is 10.5 Å². The first kappa shape index (κ1) is 11.1. The first-order valence-corrected chi connectivity index (χ1v) is 5.15. The maximum Gasteiger partial charge on any atom is 0.125 e. The van der Waals surface area contributed by atoms with Gasteiger partial charge in [0, 0.05) is 0 Å². The molecule has 2 heteroatoms. The zero-order valence-corrected chi connectivity index (χ0v) is 9.05. The van der Waals surface area contributed by atoms with E-state index in [1.54, 1.807) is 0 Å². The molecule has 0 fully saturated rings. The largest absolute Gasteiger partial charge is 0.493 e. The second-order valence-electron chi connectivity index (χ2n) is 3.57. The van der Waals surface area contributed by atoms with E-state index in [4.69, 9.17) is 10.5 Å². The van der Waals surface area contributed by atoms with Gasteiger partial charge in [-0.3, -0.25) is 0 Å². The summed E-state index contributed by atoms with van der Waals surface area (Å²) in [6.07, 6.45) is 2.06. The van der Waals surface area contributed by atoms with Crippen molar-refractivity contribution in [1.82, 2.24) is 0 Å². The Kier molecular flexibility index (Phi) is 4.47. The van der Waals surface area contributed by atoms with Gasteiger partial charge in [0.25, 0.3) is 0 Å². The van der Waals surface area contributed by atoms with Crippen LogP contribution in [0.2, 0.25) is 0 Å². The van der Waals surface area contributed by atoms with Crippen LogP contribution < -0.4 is 10.5 Å². The number of benzene rings is 1. The molecule has 0 aliphatic heterocycles. The van der Waals surface area contributed by atoms with Crippen molar-refractivity contribution in [3.8, 4) is 5.75 Å². The highest BCUT2D eigenvalue weighted by Gasteiger charge is 2.01. The summed E-state index contributed by atoms with van der Waals surface area (Å²) in [5.74, 6) is 1.03. The van der Waals surface area contributed by atoms with Gasteiger partial charge in [0.05, 0.1) is 6.61 Å². The predicted octanol–water partition coefficient (Wildman–Crippen LogP) is 2.42. The van der Waals surface area contributed by atoms with Crippen LogP contribution >= 0.6 is 0 Å². The van der Waals surface area contributed by atoms with E-state index in [0.29, 0.717) is 0 Å². The predicted molar refractivity (Wildman–Crippen MR) is 59.7 cm³/mol. The van der Waals surface area contributed by atoms with E-state index in [2.05, 4.69) is 32.0 Å². The highest BCUT2D eigenvalue weighted by molar-refractivity contribution is 5.39. The lowest BCUT2D eigenvalue weighted by Crippen LogP contribution is -2.04. The Balaban J connectivity index is 2.49. The maximum absolute atomic E-state index is 5.71. The summed E-state index contributed by atoms with van der Waals surface area (Å²) in [6, 6.07) is 6.20. The molecule has 1 aromatic rings. The second-order valence-corrected chi connectivity index (χ2v) is 3.57. The van der Waals surface area contributed by atoms with Gasteiger partial charge in [0.1, 0.15) is 5.75 Å². The average Bonchev–Trinajstić information content (AvgIpc) is 2.16. The van der Waals surface area contributed by atoms with Gasteiger partial charge in [-0.2, -0.15) is 0 Å². The second kappa shape index (κ2) is 5.66. The first-order chi connectivity index (χ1) is 6.75. The topological polar surface area (TPSA) is 35.2 Å². The number of ether oxygens (including phenoxy) is 1. The molecule has 0 aliphatic rings. The van der Waals surface area contributed by atoms with Crippen molar-refractivity contribution in [3.05, 3.63) is 29.3 Å². The van der Waals surface area contributed by atoms with Gasteiger partial charge >= 0.3 is 0 Å². The fourth-order valence-corrected chi connectivity index (χ4v) is 1.45. The summed E-state index contributed by atoms with van der Waals surface area (Å²) < 4.78 is 5.71. The lowest BCUT2D eigenvalue weighted by Gasteiger charge is -2.11. The summed E-state index contributed by atoms with van der Waals surface area (Å²) in [6.45, 7) is 5.66. The van der Waals surface area contributed by atoms with Gasteiger partial charge in [-0.1, -0.05) is 18.2 Å². The van der Waals surface area contributed by atoms with Crippen LogP contribution in [0.25, 0.3) is 0 Å². The van der Waals surface area contributed by atoms with Gasteiger partial charge in [0.2, 0.25) is 0 Å². The number of rotatable bonds is 5. The van der Waals surface area contributed by atoms with Crippen molar-refractivity contribution in [3.63, 3.8) is 0 Å². The lowest BCUT2D eigenvalue weighted by atomic mass is 10.1. The molecule has 78 valence electrons. The van der Waals surface area contributed by atoms with Crippen LogP contribution in [0, 0.1) is 13.8 Å². The Hall–Kier alpha value is -1.02. The Labute approximate surface area is 86.1 Å². The highest BCUT2D eigenvalue weighted by Crippen LogP contribution is 2.22. The van der Waals surface area contributed by atoms with Crippen LogP contribution in [0.3, 0.4) is 0 Å². The quantitative estimate of drug-likeness (QED) is 0.729. The lowest BCUT2D eigenvalue weighted by molar-refractivity contribution is 0.304. The minimum Gasteiger partial charge on any atom is -0.493 e. The SMILES string of the molecule is Cc1cccc(C)c1OCCCCN. The molecule has 0 unspecified atom stereocenters. The molecule has 0 bridgehead atoms. The van der Waals surface area contributed by atoms with E-state index in [1.165, 1.54) is 11.1 Å². The smallest absolute Gasteiger partial charge is 0.125 e. The standard InChI is InChI=1S/C12H19NO/c1-10-6-5-7-11(2)12(10)14-9-4-3-8-13/h5-7H,3-4,8-9,13H2,1-2H3. The summed E-state index contributed by atoms with van der Waals surface area (Å²) >= 11 is 0. The van der Waals surface area contributed by atoms with Crippen molar-refractivity contribution in [1.29, 1.82) is 0 Å². The fraction of sp³-hybridized carbons (Fsp3) is 0.500. The van der Waals surface area contributed by atoms with Gasteiger partial charge in [-0.15, -0.1) is 0 Å². The first-order valence-electron chi connectivity index (χ1n) is 5.15. The van der Waals surface area contributed by atoms with Crippen molar-refractivity contribution >= 4 is 0 Å². The number of aryl methyl sites for hydroxylation is 2. The van der Waals surface area contributed by atoms with Crippen LogP contribution in [-0.2, 0) is 0 Å². The van der Waals surface area contributed by atoms with Crippen LogP contribution in [0.5, 0.6) is 5.75 Å². The monoisotopic (exact) mass is 193 g/mol. The van der Waals surface area contributed by atoms with Crippen molar-refractivity contribution < 1.29 is 4.74 Å². The molecule has 0 saturated carbocycles. The summed E-state index contributed by atoms with van der Waals surface area (Å²) in [4.78, 5) is 0. The van der Waals surface area contributed by atoms with E-state index in [1.807, 2.05) is 0 Å². The molecule has 2 nitrogen and oxygen atoms in total. The van der Waals surface area contributed by atoms with Gasteiger partial charge in [0.15, 0.2) is 0 Å². The zero-order valence-electron chi connectivity index (χ0n) is 9.05. The van der Waals surface area contributed by atoms with E-state index >= 15 is 0 Å². The third kappa shape index (κ3) is 3.04.